The van der Waals surface area contributed by atoms with Gasteiger partial charge >= 0.3 is 5.97 Å². The van der Waals surface area contributed by atoms with Gasteiger partial charge in [0.25, 0.3) is 11.7 Å². The number of esters is 1. The molecule has 0 bridgehead atoms. The molecule has 174 valence electrons. The van der Waals surface area contributed by atoms with Crippen molar-refractivity contribution in [3.05, 3.63) is 46.3 Å². The Labute approximate surface area is 195 Å². The van der Waals surface area contributed by atoms with E-state index in [9.17, 15) is 14.4 Å². The summed E-state index contributed by atoms with van der Waals surface area (Å²) in [6.07, 6.45) is 1.81. The topological polar surface area (TPSA) is 128 Å². The van der Waals surface area contributed by atoms with Gasteiger partial charge in [-0.1, -0.05) is 23.9 Å². The van der Waals surface area contributed by atoms with E-state index in [-0.39, 0.29) is 18.9 Å². The number of fused-ring (bicyclic) bond motifs is 1. The lowest BCUT2D eigenvalue weighted by atomic mass is 10.1. The van der Waals surface area contributed by atoms with Crippen LogP contribution in [0, 0.1) is 27.7 Å². The third kappa shape index (κ3) is 5.86. The predicted octanol–water partition coefficient (Wildman–Crippen LogP) is 1.92. The number of nitrogens with zero attached hydrogens (tertiary/aromatic N) is 4. The maximum Gasteiger partial charge on any atom is 0.310 e. The normalized spacial score (nSPS) is 10.8. The summed E-state index contributed by atoms with van der Waals surface area (Å²) in [7, 11) is 0. The molecular weight excluding hydrogens is 444 g/mol. The molecule has 3 aromatic rings. The number of amides is 2. The molecule has 0 fully saturated rings. The summed E-state index contributed by atoms with van der Waals surface area (Å²) in [6.45, 7) is 6.75. The SMILES string of the molecule is CSc1nc2nc(C)c(CC(=O)OCC(=O)NCC(=O)Nc3cccc(C)c3C)c(C)n2n1. The van der Waals surface area contributed by atoms with E-state index in [0.717, 1.165) is 16.8 Å². The molecule has 3 rings (SSSR count). The van der Waals surface area contributed by atoms with Crippen molar-refractivity contribution in [1.82, 2.24) is 24.9 Å². The first kappa shape index (κ1) is 24.2. The number of hydrogen-bond acceptors (Lipinski definition) is 8. The lowest BCUT2D eigenvalue weighted by Gasteiger charge is -2.12. The number of rotatable bonds is 8. The highest BCUT2D eigenvalue weighted by molar-refractivity contribution is 7.98. The maximum atomic E-state index is 12.3. The lowest BCUT2D eigenvalue weighted by molar-refractivity contribution is -0.147. The summed E-state index contributed by atoms with van der Waals surface area (Å²) < 4.78 is 6.67. The number of anilines is 1. The number of ether oxygens (including phenoxy) is 1. The second-order valence-electron chi connectivity index (χ2n) is 7.48. The second kappa shape index (κ2) is 10.4. The van der Waals surface area contributed by atoms with Gasteiger partial charge < -0.3 is 15.4 Å². The van der Waals surface area contributed by atoms with Crippen molar-refractivity contribution in [3.63, 3.8) is 0 Å². The molecule has 33 heavy (non-hydrogen) atoms. The molecule has 1 aromatic carbocycles. The molecule has 0 spiro atoms. The Hall–Kier alpha value is -3.47. The van der Waals surface area contributed by atoms with Gasteiger partial charge in [0.2, 0.25) is 11.1 Å². The monoisotopic (exact) mass is 470 g/mol. The fraction of sp³-hybridized carbons (Fsp3) is 0.364. The van der Waals surface area contributed by atoms with Crippen LogP contribution in [0.5, 0.6) is 0 Å². The molecule has 0 aliphatic carbocycles. The third-order valence-corrected chi connectivity index (χ3v) is 5.76. The Morgan fingerprint density at radius 1 is 1.09 bits per heavy atom. The fourth-order valence-electron chi connectivity index (χ4n) is 3.18. The number of carbonyl (C=O) groups excluding carboxylic acids is 3. The zero-order valence-corrected chi connectivity index (χ0v) is 20.0. The van der Waals surface area contributed by atoms with Crippen LogP contribution in [0.15, 0.2) is 23.4 Å². The van der Waals surface area contributed by atoms with E-state index in [2.05, 4.69) is 25.7 Å². The van der Waals surface area contributed by atoms with Gasteiger partial charge in [-0.25, -0.2) is 9.50 Å². The van der Waals surface area contributed by atoms with Crippen molar-refractivity contribution in [2.45, 2.75) is 39.3 Å². The number of aryl methyl sites for hydroxylation is 3. The molecule has 0 atom stereocenters. The Morgan fingerprint density at radius 2 is 1.85 bits per heavy atom. The minimum absolute atomic E-state index is 0.0601. The van der Waals surface area contributed by atoms with Crippen LogP contribution in [0.4, 0.5) is 5.69 Å². The molecule has 2 aromatic heterocycles. The third-order valence-electron chi connectivity index (χ3n) is 5.22. The predicted molar refractivity (Wildman–Crippen MR) is 124 cm³/mol. The molecule has 0 unspecified atom stereocenters. The van der Waals surface area contributed by atoms with Crippen molar-refractivity contribution in [3.8, 4) is 0 Å². The van der Waals surface area contributed by atoms with Crippen LogP contribution in [0.3, 0.4) is 0 Å². The zero-order chi connectivity index (χ0) is 24.1. The van der Waals surface area contributed by atoms with Crippen LogP contribution >= 0.6 is 11.8 Å². The number of aromatic nitrogens is 4. The van der Waals surface area contributed by atoms with Gasteiger partial charge in [0, 0.05) is 22.6 Å². The molecule has 2 amide bonds. The van der Waals surface area contributed by atoms with E-state index in [4.69, 9.17) is 4.74 Å². The summed E-state index contributed by atoms with van der Waals surface area (Å²) in [6, 6.07) is 5.59. The van der Waals surface area contributed by atoms with E-state index >= 15 is 0 Å². The quantitative estimate of drug-likeness (QED) is 0.378. The van der Waals surface area contributed by atoms with Gasteiger partial charge in [0.05, 0.1) is 13.0 Å². The van der Waals surface area contributed by atoms with E-state index in [1.54, 1.807) is 17.5 Å². The summed E-state index contributed by atoms with van der Waals surface area (Å²) in [4.78, 5) is 45.1. The van der Waals surface area contributed by atoms with Crippen LogP contribution < -0.4 is 10.6 Å². The highest BCUT2D eigenvalue weighted by Gasteiger charge is 2.17. The van der Waals surface area contributed by atoms with Gasteiger partial charge in [-0.05, 0) is 51.1 Å². The maximum absolute atomic E-state index is 12.3. The Balaban J connectivity index is 1.50. The van der Waals surface area contributed by atoms with Crippen molar-refractivity contribution < 1.29 is 19.1 Å². The van der Waals surface area contributed by atoms with Crippen molar-refractivity contribution in [2.75, 3.05) is 24.7 Å². The van der Waals surface area contributed by atoms with Gasteiger partial charge in [0.15, 0.2) is 6.61 Å². The number of nitrogens with one attached hydrogen (secondary N) is 2. The first-order valence-electron chi connectivity index (χ1n) is 10.2. The Kier molecular flexibility index (Phi) is 7.64. The minimum atomic E-state index is -0.581. The average molecular weight is 471 g/mol. The zero-order valence-electron chi connectivity index (χ0n) is 19.2. The molecule has 0 aliphatic rings. The standard InChI is InChI=1S/C22H26N6O4S/c1-12-7-6-8-17(13(12)2)25-18(29)10-23-19(30)11-32-20(31)9-16-14(3)24-21-26-22(33-5)27-28(21)15(16)4/h6-8H,9-11H2,1-5H3,(H,23,30)(H,25,29). The van der Waals surface area contributed by atoms with Gasteiger partial charge in [-0.15, -0.1) is 5.10 Å². The largest absolute Gasteiger partial charge is 0.455 e. The first-order valence-corrected chi connectivity index (χ1v) is 11.5. The van der Waals surface area contributed by atoms with Crippen molar-refractivity contribution in [2.24, 2.45) is 0 Å². The van der Waals surface area contributed by atoms with E-state index in [0.29, 0.717) is 27.9 Å². The van der Waals surface area contributed by atoms with E-state index < -0.39 is 18.5 Å². The molecular formula is C22H26N6O4S. The number of benzene rings is 1. The molecule has 2 heterocycles. The van der Waals surface area contributed by atoms with Crippen LogP contribution in [0.1, 0.15) is 28.1 Å². The fourth-order valence-corrected chi connectivity index (χ4v) is 3.52. The smallest absolute Gasteiger partial charge is 0.310 e. The summed E-state index contributed by atoms with van der Waals surface area (Å²) >= 11 is 1.40. The van der Waals surface area contributed by atoms with Crippen LogP contribution in [-0.4, -0.2) is 56.8 Å². The number of carbonyl (C=O) groups is 3. The minimum Gasteiger partial charge on any atom is -0.455 e. The second-order valence-corrected chi connectivity index (χ2v) is 8.25. The molecule has 0 radical (unpaired) electrons. The summed E-state index contributed by atoms with van der Waals surface area (Å²) in [5.74, 6) is -1.05. The Morgan fingerprint density at radius 3 is 2.58 bits per heavy atom. The van der Waals surface area contributed by atoms with E-state index in [1.807, 2.05) is 39.2 Å². The van der Waals surface area contributed by atoms with E-state index in [1.165, 1.54) is 11.8 Å². The molecule has 2 N–H and O–H groups in total. The number of hydrogen-bond donors (Lipinski definition) is 2. The van der Waals surface area contributed by atoms with Crippen LogP contribution in [-0.2, 0) is 25.5 Å². The molecule has 10 nitrogen and oxygen atoms in total. The highest BCUT2D eigenvalue weighted by atomic mass is 32.2. The van der Waals surface area contributed by atoms with Gasteiger partial charge in [0.1, 0.15) is 0 Å². The number of thioether (sulfide) groups is 1. The Bertz CT molecular complexity index is 1220. The van der Waals surface area contributed by atoms with Gasteiger partial charge in [-0.3, -0.25) is 14.4 Å². The molecule has 0 saturated heterocycles. The first-order chi connectivity index (χ1) is 15.7. The highest BCUT2D eigenvalue weighted by Crippen LogP contribution is 2.18. The lowest BCUT2D eigenvalue weighted by Crippen LogP contribution is -2.35. The van der Waals surface area contributed by atoms with Gasteiger partial charge in [-0.2, -0.15) is 4.98 Å². The van der Waals surface area contributed by atoms with Crippen LogP contribution in [0.2, 0.25) is 0 Å². The average Bonchev–Trinajstić information content (AvgIpc) is 3.20. The molecule has 0 aliphatic heterocycles. The molecule has 11 heteroatoms. The van der Waals surface area contributed by atoms with Crippen molar-refractivity contribution in [1.29, 1.82) is 0 Å². The summed E-state index contributed by atoms with van der Waals surface area (Å²) in [5.41, 5.74) is 4.74. The van der Waals surface area contributed by atoms with Crippen LogP contribution in [0.25, 0.3) is 5.78 Å². The van der Waals surface area contributed by atoms with Crippen molar-refractivity contribution >= 4 is 41.0 Å². The summed E-state index contributed by atoms with van der Waals surface area (Å²) in [5, 5.41) is 10.1. The molecule has 0 saturated carbocycles.